The van der Waals surface area contributed by atoms with Crippen LogP contribution in [0.5, 0.6) is 11.5 Å². The third kappa shape index (κ3) is 7.08. The van der Waals surface area contributed by atoms with Gasteiger partial charge < -0.3 is 24.8 Å². The molecular formula is C22H30IN3O3. The van der Waals surface area contributed by atoms with E-state index in [1.54, 1.807) is 7.05 Å². The summed E-state index contributed by atoms with van der Waals surface area (Å²) in [6.45, 7) is 5.33. The van der Waals surface area contributed by atoms with Crippen molar-refractivity contribution in [2.45, 2.75) is 32.9 Å². The maximum Gasteiger partial charge on any atom is 0.231 e. The molecule has 0 saturated heterocycles. The van der Waals surface area contributed by atoms with Crippen molar-refractivity contribution in [1.29, 1.82) is 0 Å². The van der Waals surface area contributed by atoms with Gasteiger partial charge in [-0.25, -0.2) is 0 Å². The molecule has 29 heavy (non-hydrogen) atoms. The van der Waals surface area contributed by atoms with E-state index in [-0.39, 0.29) is 24.0 Å². The monoisotopic (exact) mass is 511 g/mol. The topological polar surface area (TPSA) is 64.1 Å². The van der Waals surface area contributed by atoms with Crippen molar-refractivity contribution in [3.05, 3.63) is 59.2 Å². The number of nitrogens with zero attached hydrogens (tertiary/aromatic N) is 1. The van der Waals surface area contributed by atoms with E-state index < -0.39 is 0 Å². The Morgan fingerprint density at radius 1 is 1.07 bits per heavy atom. The molecule has 0 aliphatic carbocycles. The molecule has 1 aliphatic heterocycles. The first-order chi connectivity index (χ1) is 13.8. The van der Waals surface area contributed by atoms with Crippen molar-refractivity contribution in [2.75, 3.05) is 27.0 Å². The fraction of sp³-hybridized carbons (Fsp3) is 0.409. The Morgan fingerprint density at radius 3 is 2.66 bits per heavy atom. The summed E-state index contributed by atoms with van der Waals surface area (Å²) in [4.78, 5) is 4.32. The quantitative estimate of drug-likeness (QED) is 0.232. The van der Waals surface area contributed by atoms with Crippen LogP contribution in [0.4, 0.5) is 0 Å². The van der Waals surface area contributed by atoms with Gasteiger partial charge in [0.15, 0.2) is 17.5 Å². The van der Waals surface area contributed by atoms with Crippen LogP contribution in [-0.4, -0.2) is 33.0 Å². The number of nitrogens with one attached hydrogen (secondary N) is 2. The maximum absolute atomic E-state index is 5.70. The van der Waals surface area contributed by atoms with E-state index in [0.29, 0.717) is 19.9 Å². The molecule has 0 spiro atoms. The van der Waals surface area contributed by atoms with Gasteiger partial charge in [-0.15, -0.1) is 24.0 Å². The average Bonchev–Trinajstić information content (AvgIpc) is 3.19. The zero-order valence-corrected chi connectivity index (χ0v) is 19.4. The number of aliphatic imine (C=N–C) groups is 1. The SMILES string of the molecule is CCCOCc1ccccc1CNC(=NC)NCCc1ccc2c(c1)OCO2.I. The van der Waals surface area contributed by atoms with Gasteiger partial charge in [-0.1, -0.05) is 37.3 Å². The molecular weight excluding hydrogens is 481 g/mol. The normalized spacial score (nSPS) is 12.4. The van der Waals surface area contributed by atoms with Crippen LogP contribution < -0.4 is 20.1 Å². The lowest BCUT2D eigenvalue weighted by Crippen LogP contribution is -2.38. The molecule has 158 valence electrons. The second-order valence-corrected chi connectivity index (χ2v) is 6.61. The molecule has 2 N–H and O–H groups in total. The molecule has 0 fully saturated rings. The summed E-state index contributed by atoms with van der Waals surface area (Å²) < 4.78 is 16.5. The number of hydrogen-bond acceptors (Lipinski definition) is 4. The molecule has 0 bridgehead atoms. The van der Waals surface area contributed by atoms with Crippen LogP contribution in [0.1, 0.15) is 30.0 Å². The highest BCUT2D eigenvalue weighted by Gasteiger charge is 2.13. The van der Waals surface area contributed by atoms with Gasteiger partial charge in [-0.05, 0) is 41.7 Å². The van der Waals surface area contributed by atoms with Crippen LogP contribution in [0.25, 0.3) is 0 Å². The largest absolute Gasteiger partial charge is 0.454 e. The first-order valence-electron chi connectivity index (χ1n) is 9.77. The molecule has 1 heterocycles. The molecule has 1 aliphatic rings. The Labute approximate surface area is 190 Å². The molecule has 3 rings (SSSR count). The van der Waals surface area contributed by atoms with Crippen molar-refractivity contribution in [2.24, 2.45) is 4.99 Å². The van der Waals surface area contributed by atoms with Crippen molar-refractivity contribution in [3.63, 3.8) is 0 Å². The lowest BCUT2D eigenvalue weighted by Gasteiger charge is -2.14. The number of hydrogen-bond donors (Lipinski definition) is 2. The summed E-state index contributed by atoms with van der Waals surface area (Å²) in [5.41, 5.74) is 3.63. The first-order valence-corrected chi connectivity index (χ1v) is 9.77. The standard InChI is InChI=1S/C22H29N3O3.HI/c1-3-12-26-15-19-7-5-4-6-18(19)14-25-22(23-2)24-11-10-17-8-9-20-21(13-17)28-16-27-20;/h4-9,13H,3,10-12,14-16H2,1-2H3,(H2,23,24,25);1H. The van der Waals surface area contributed by atoms with Gasteiger partial charge in [-0.3, -0.25) is 4.99 Å². The third-order valence-electron chi connectivity index (χ3n) is 4.54. The molecule has 2 aromatic carbocycles. The second kappa shape index (κ2) is 12.5. The number of halogens is 1. The van der Waals surface area contributed by atoms with Crippen LogP contribution in [0.15, 0.2) is 47.5 Å². The molecule has 0 atom stereocenters. The lowest BCUT2D eigenvalue weighted by atomic mass is 10.1. The van der Waals surface area contributed by atoms with Gasteiger partial charge in [0, 0.05) is 26.7 Å². The summed E-state index contributed by atoms with van der Waals surface area (Å²) >= 11 is 0. The molecule has 0 saturated carbocycles. The van der Waals surface area contributed by atoms with E-state index in [0.717, 1.165) is 43.5 Å². The average molecular weight is 511 g/mol. The predicted octanol–water partition coefficient (Wildman–Crippen LogP) is 3.87. The van der Waals surface area contributed by atoms with Crippen LogP contribution in [0, 0.1) is 0 Å². The zero-order chi connectivity index (χ0) is 19.6. The van der Waals surface area contributed by atoms with Crippen LogP contribution >= 0.6 is 24.0 Å². The van der Waals surface area contributed by atoms with Crippen molar-refractivity contribution < 1.29 is 14.2 Å². The number of guanidine groups is 1. The van der Waals surface area contributed by atoms with Gasteiger partial charge in [0.2, 0.25) is 6.79 Å². The predicted molar refractivity (Wildman–Crippen MR) is 126 cm³/mol. The summed E-state index contributed by atoms with van der Waals surface area (Å²) in [5.74, 6) is 2.42. The summed E-state index contributed by atoms with van der Waals surface area (Å²) in [5, 5.41) is 6.75. The van der Waals surface area contributed by atoms with E-state index in [1.165, 1.54) is 16.7 Å². The molecule has 0 amide bonds. The Bertz CT molecular complexity index is 799. The van der Waals surface area contributed by atoms with Crippen molar-refractivity contribution in [1.82, 2.24) is 10.6 Å². The van der Waals surface area contributed by atoms with Crippen LogP contribution in [0.2, 0.25) is 0 Å². The minimum Gasteiger partial charge on any atom is -0.454 e. The number of fused-ring (bicyclic) bond motifs is 1. The smallest absolute Gasteiger partial charge is 0.231 e. The Balaban J connectivity index is 0.00000300. The Morgan fingerprint density at radius 2 is 1.86 bits per heavy atom. The van der Waals surface area contributed by atoms with Crippen LogP contribution in [-0.2, 0) is 24.3 Å². The minimum atomic E-state index is 0. The number of rotatable bonds is 9. The van der Waals surface area contributed by atoms with Gasteiger partial charge in [0.1, 0.15) is 0 Å². The first kappa shape index (κ1) is 23.3. The zero-order valence-electron chi connectivity index (χ0n) is 17.1. The van der Waals surface area contributed by atoms with E-state index >= 15 is 0 Å². The lowest BCUT2D eigenvalue weighted by molar-refractivity contribution is 0.121. The highest BCUT2D eigenvalue weighted by Crippen LogP contribution is 2.32. The number of ether oxygens (including phenoxy) is 3. The third-order valence-corrected chi connectivity index (χ3v) is 4.54. The van der Waals surface area contributed by atoms with Gasteiger partial charge >= 0.3 is 0 Å². The molecule has 2 aromatic rings. The summed E-state index contributed by atoms with van der Waals surface area (Å²) in [7, 11) is 1.78. The van der Waals surface area contributed by atoms with Crippen molar-refractivity contribution in [3.8, 4) is 11.5 Å². The van der Waals surface area contributed by atoms with Gasteiger partial charge in [-0.2, -0.15) is 0 Å². The molecule has 6 nitrogen and oxygen atoms in total. The molecule has 7 heteroatoms. The molecule has 0 unspecified atom stereocenters. The summed E-state index contributed by atoms with van der Waals surface area (Å²) in [6, 6.07) is 14.4. The highest BCUT2D eigenvalue weighted by atomic mass is 127. The molecule has 0 aromatic heterocycles. The minimum absolute atomic E-state index is 0. The van der Waals surface area contributed by atoms with E-state index in [2.05, 4.69) is 46.8 Å². The fourth-order valence-electron chi connectivity index (χ4n) is 3.02. The molecule has 0 radical (unpaired) electrons. The summed E-state index contributed by atoms with van der Waals surface area (Å²) in [6.07, 6.45) is 1.90. The Hall–Kier alpha value is -2.00. The van der Waals surface area contributed by atoms with Gasteiger partial charge in [0.25, 0.3) is 0 Å². The second-order valence-electron chi connectivity index (χ2n) is 6.61. The maximum atomic E-state index is 5.70. The Kier molecular flexibility index (Phi) is 10.1. The van der Waals surface area contributed by atoms with Gasteiger partial charge in [0.05, 0.1) is 6.61 Å². The fourth-order valence-corrected chi connectivity index (χ4v) is 3.02. The highest BCUT2D eigenvalue weighted by molar-refractivity contribution is 14.0. The van der Waals surface area contributed by atoms with E-state index in [4.69, 9.17) is 14.2 Å². The van der Waals surface area contributed by atoms with Crippen molar-refractivity contribution >= 4 is 29.9 Å². The van der Waals surface area contributed by atoms with E-state index in [1.807, 2.05) is 18.2 Å². The number of benzene rings is 2. The van der Waals surface area contributed by atoms with E-state index in [9.17, 15) is 0 Å². The van der Waals surface area contributed by atoms with Crippen LogP contribution in [0.3, 0.4) is 0 Å².